The van der Waals surface area contributed by atoms with Gasteiger partial charge in [-0.2, -0.15) is 0 Å². The summed E-state index contributed by atoms with van der Waals surface area (Å²) in [7, 11) is 0. The number of hydrogen-bond donors (Lipinski definition) is 0. The summed E-state index contributed by atoms with van der Waals surface area (Å²) in [5.74, 6) is 1.73. The third kappa shape index (κ3) is 3.70. The monoisotopic (exact) mass is 595 g/mol. The highest BCUT2D eigenvalue weighted by atomic mass is 32.1. The van der Waals surface area contributed by atoms with Gasteiger partial charge in [0.2, 0.25) is 0 Å². The van der Waals surface area contributed by atoms with Gasteiger partial charge >= 0.3 is 0 Å². The van der Waals surface area contributed by atoms with Crippen molar-refractivity contribution in [2.24, 2.45) is 0 Å². The van der Waals surface area contributed by atoms with E-state index >= 15 is 0 Å². The Kier molecular flexibility index (Phi) is 5.09. The lowest BCUT2D eigenvalue weighted by atomic mass is 10.0. The second-order valence-electron chi connectivity index (χ2n) is 11.2. The maximum absolute atomic E-state index is 6.62. The fourth-order valence-corrected chi connectivity index (χ4v) is 7.68. The van der Waals surface area contributed by atoms with Crippen LogP contribution in [0.5, 0.6) is 0 Å². The number of rotatable bonds is 3. The average Bonchev–Trinajstić information content (AvgIpc) is 3.79. The first-order chi connectivity index (χ1) is 22.3. The fourth-order valence-electron chi connectivity index (χ4n) is 6.44. The molecule has 0 bridgehead atoms. The van der Waals surface area contributed by atoms with Crippen LogP contribution in [0.1, 0.15) is 0 Å². The van der Waals surface area contributed by atoms with Crippen molar-refractivity contribution in [3.63, 3.8) is 0 Å². The van der Waals surface area contributed by atoms with Crippen molar-refractivity contribution in [1.29, 1.82) is 0 Å². The zero-order valence-corrected chi connectivity index (χ0v) is 24.5. The predicted octanol–water partition coefficient (Wildman–Crippen LogP) is 11.0. The number of aromatic nitrogens is 3. The maximum Gasteiger partial charge on any atom is 0.167 e. The molecule has 4 heterocycles. The van der Waals surface area contributed by atoms with Gasteiger partial charge in [-0.1, -0.05) is 91.0 Å². The van der Waals surface area contributed by atoms with Gasteiger partial charge < -0.3 is 8.83 Å². The second kappa shape index (κ2) is 9.32. The van der Waals surface area contributed by atoms with Crippen LogP contribution in [-0.4, -0.2) is 15.0 Å². The molecule has 0 saturated carbocycles. The minimum atomic E-state index is 0.560. The number of benzene rings is 6. The summed E-state index contributed by atoms with van der Waals surface area (Å²) >= 11 is 1.79. The SMILES string of the molecule is c1ccc(-c2nc(-c3ccc4c(c3)oc3ccccc34)nc(-c3cc4c5ccccc5sc4c4c3oc3ccccc34)n2)cc1. The van der Waals surface area contributed by atoms with E-state index in [1.807, 2.05) is 66.7 Å². The van der Waals surface area contributed by atoms with E-state index in [0.29, 0.717) is 17.5 Å². The Morgan fingerprint density at radius 1 is 0.444 bits per heavy atom. The van der Waals surface area contributed by atoms with Crippen LogP contribution in [0.25, 0.3) is 98.2 Å². The van der Waals surface area contributed by atoms with E-state index in [-0.39, 0.29) is 0 Å². The van der Waals surface area contributed by atoms with Gasteiger partial charge in [0.05, 0.1) is 5.56 Å². The van der Waals surface area contributed by atoms with Gasteiger partial charge in [-0.3, -0.25) is 0 Å². The summed E-state index contributed by atoms with van der Waals surface area (Å²) in [6, 6.07) is 43.3. The normalized spacial score (nSPS) is 12.0. The highest BCUT2D eigenvalue weighted by Crippen LogP contribution is 2.46. The van der Waals surface area contributed by atoms with E-state index in [2.05, 4.69) is 60.7 Å². The molecule has 45 heavy (non-hydrogen) atoms. The van der Waals surface area contributed by atoms with Crippen LogP contribution in [0.2, 0.25) is 0 Å². The molecule has 0 spiro atoms. The number of fused-ring (bicyclic) bond motifs is 10. The molecule has 0 unspecified atom stereocenters. The molecule has 6 aromatic carbocycles. The molecule has 0 aliphatic rings. The van der Waals surface area contributed by atoms with E-state index in [1.165, 1.54) is 14.8 Å². The van der Waals surface area contributed by atoms with Crippen molar-refractivity contribution in [3.8, 4) is 34.2 Å². The summed E-state index contributed by atoms with van der Waals surface area (Å²) in [5.41, 5.74) is 5.87. The Morgan fingerprint density at radius 3 is 1.93 bits per heavy atom. The first kappa shape index (κ1) is 24.6. The van der Waals surface area contributed by atoms with Crippen LogP contribution >= 0.6 is 11.3 Å². The number of thiophene rings is 1. The van der Waals surface area contributed by atoms with Crippen LogP contribution < -0.4 is 0 Å². The molecule has 0 aliphatic carbocycles. The van der Waals surface area contributed by atoms with E-state index in [1.54, 1.807) is 11.3 Å². The van der Waals surface area contributed by atoms with Crippen LogP contribution in [0.4, 0.5) is 0 Å². The lowest BCUT2D eigenvalue weighted by Crippen LogP contribution is -2.00. The standard InChI is InChI=1S/C39H21N3O2S/c1-2-10-22(11-3-1)37-40-38(23-18-19-25-24-12-4-7-15-30(24)43-32(25)20-23)42-39(41-37)29-21-28-26-13-6-9-17-33(26)45-36(28)34-27-14-5-8-16-31(27)44-35(29)34/h1-21H. The third-order valence-corrected chi connectivity index (χ3v) is 9.74. The zero-order chi connectivity index (χ0) is 29.5. The highest BCUT2D eigenvalue weighted by molar-refractivity contribution is 7.26. The van der Waals surface area contributed by atoms with Crippen molar-refractivity contribution in [1.82, 2.24) is 15.0 Å². The Bertz CT molecular complexity index is 2770. The molecule has 210 valence electrons. The van der Waals surface area contributed by atoms with Crippen molar-refractivity contribution < 1.29 is 8.83 Å². The molecule has 10 aromatic rings. The maximum atomic E-state index is 6.62. The minimum Gasteiger partial charge on any atom is -0.456 e. The van der Waals surface area contributed by atoms with E-state index in [0.717, 1.165) is 66.0 Å². The summed E-state index contributed by atoms with van der Waals surface area (Å²) < 4.78 is 15.3. The molecule has 4 aromatic heterocycles. The predicted molar refractivity (Wildman–Crippen MR) is 184 cm³/mol. The number of hydrogen-bond acceptors (Lipinski definition) is 6. The first-order valence-electron chi connectivity index (χ1n) is 14.8. The fraction of sp³-hybridized carbons (Fsp3) is 0. The number of furan rings is 2. The van der Waals surface area contributed by atoms with Gasteiger partial charge in [-0.05, 0) is 36.4 Å². The van der Waals surface area contributed by atoms with Gasteiger partial charge in [0.1, 0.15) is 22.3 Å². The molecule has 0 saturated heterocycles. The Balaban J connectivity index is 1.29. The third-order valence-electron chi connectivity index (χ3n) is 8.53. The summed E-state index contributed by atoms with van der Waals surface area (Å²) in [4.78, 5) is 15.2. The minimum absolute atomic E-state index is 0.560. The second-order valence-corrected chi connectivity index (χ2v) is 12.2. The lowest BCUT2D eigenvalue weighted by Gasteiger charge is -2.09. The molecule has 5 nitrogen and oxygen atoms in total. The molecule has 0 aliphatic heterocycles. The Morgan fingerprint density at radius 2 is 1.09 bits per heavy atom. The summed E-state index contributed by atoms with van der Waals surface area (Å²) in [5, 5.41) is 6.69. The Hall–Kier alpha value is -5.85. The van der Waals surface area contributed by atoms with Gasteiger partial charge in [-0.15, -0.1) is 11.3 Å². The van der Waals surface area contributed by atoms with Crippen molar-refractivity contribution >= 4 is 75.4 Å². The van der Waals surface area contributed by atoms with Gasteiger partial charge in [0, 0.05) is 52.8 Å². The van der Waals surface area contributed by atoms with Crippen LogP contribution in [0, 0.1) is 0 Å². The molecular weight excluding hydrogens is 575 g/mol. The van der Waals surface area contributed by atoms with Crippen LogP contribution in [0.3, 0.4) is 0 Å². The van der Waals surface area contributed by atoms with Crippen LogP contribution in [-0.2, 0) is 0 Å². The highest BCUT2D eigenvalue weighted by Gasteiger charge is 2.22. The molecule has 10 rings (SSSR count). The van der Waals surface area contributed by atoms with Gasteiger partial charge in [-0.25, -0.2) is 15.0 Å². The van der Waals surface area contributed by atoms with E-state index < -0.39 is 0 Å². The molecular formula is C39H21N3O2S. The summed E-state index contributed by atoms with van der Waals surface area (Å²) in [6.45, 7) is 0. The molecule has 6 heteroatoms. The van der Waals surface area contributed by atoms with E-state index in [9.17, 15) is 0 Å². The van der Waals surface area contributed by atoms with Gasteiger partial charge in [0.15, 0.2) is 17.5 Å². The molecule has 0 fully saturated rings. The van der Waals surface area contributed by atoms with Crippen molar-refractivity contribution in [3.05, 3.63) is 127 Å². The largest absolute Gasteiger partial charge is 0.456 e. The molecule has 0 atom stereocenters. The van der Waals surface area contributed by atoms with Crippen LogP contribution in [0.15, 0.2) is 136 Å². The van der Waals surface area contributed by atoms with Gasteiger partial charge in [0.25, 0.3) is 0 Å². The van der Waals surface area contributed by atoms with E-state index in [4.69, 9.17) is 23.8 Å². The Labute approximate surface area is 260 Å². The summed E-state index contributed by atoms with van der Waals surface area (Å²) in [6.07, 6.45) is 0. The smallest absolute Gasteiger partial charge is 0.167 e. The number of para-hydroxylation sites is 2. The first-order valence-corrected chi connectivity index (χ1v) is 15.6. The topological polar surface area (TPSA) is 65.0 Å². The number of nitrogens with zero attached hydrogens (tertiary/aromatic N) is 3. The zero-order valence-electron chi connectivity index (χ0n) is 23.7. The average molecular weight is 596 g/mol. The lowest BCUT2D eigenvalue weighted by molar-refractivity contribution is 0.668. The molecule has 0 N–H and O–H groups in total. The van der Waals surface area contributed by atoms with Crippen molar-refractivity contribution in [2.45, 2.75) is 0 Å². The molecule has 0 amide bonds. The van der Waals surface area contributed by atoms with Crippen molar-refractivity contribution in [2.75, 3.05) is 0 Å². The quantitative estimate of drug-likeness (QED) is 0.203. The molecule has 0 radical (unpaired) electrons.